The molecule has 0 amide bonds. The van der Waals surface area contributed by atoms with Gasteiger partial charge in [0.05, 0.1) is 0 Å². The molecule has 4 nitrogen and oxygen atoms in total. The van der Waals surface area contributed by atoms with E-state index in [0.717, 1.165) is 24.5 Å². The third kappa shape index (κ3) is 5.55. The van der Waals surface area contributed by atoms with Crippen LogP contribution >= 0.6 is 11.8 Å². The molecule has 0 spiro atoms. The first-order chi connectivity index (χ1) is 8.13. The van der Waals surface area contributed by atoms with E-state index in [1.807, 2.05) is 16.4 Å². The van der Waals surface area contributed by atoms with Gasteiger partial charge in [-0.1, -0.05) is 20.8 Å². The van der Waals surface area contributed by atoms with Crippen molar-refractivity contribution in [2.24, 2.45) is 11.7 Å². The normalized spacial score (nSPS) is 13.2. The fraction of sp³-hybridized carbons (Fsp3) is 0.833. The van der Waals surface area contributed by atoms with Crippen molar-refractivity contribution in [3.63, 3.8) is 0 Å². The van der Waals surface area contributed by atoms with Crippen LogP contribution in [-0.2, 0) is 13.0 Å². The Morgan fingerprint density at radius 2 is 2.24 bits per heavy atom. The SMILES string of the molecule is CCCSCC(N)Cc1ncnn1CC(C)C. The van der Waals surface area contributed by atoms with Gasteiger partial charge >= 0.3 is 0 Å². The first-order valence-electron chi connectivity index (χ1n) is 6.33. The molecular formula is C12H24N4S. The molecule has 98 valence electrons. The molecule has 0 saturated heterocycles. The van der Waals surface area contributed by atoms with Crippen LogP contribution in [0.2, 0.25) is 0 Å². The lowest BCUT2D eigenvalue weighted by Crippen LogP contribution is -2.28. The number of hydrogen-bond acceptors (Lipinski definition) is 4. The van der Waals surface area contributed by atoms with Crippen LogP contribution in [0.3, 0.4) is 0 Å². The van der Waals surface area contributed by atoms with Crippen molar-refractivity contribution >= 4 is 11.8 Å². The molecule has 0 bridgehead atoms. The first-order valence-corrected chi connectivity index (χ1v) is 7.49. The summed E-state index contributed by atoms with van der Waals surface area (Å²) in [4.78, 5) is 4.30. The van der Waals surface area contributed by atoms with Gasteiger partial charge in [0.25, 0.3) is 0 Å². The Labute approximate surface area is 108 Å². The van der Waals surface area contributed by atoms with Crippen molar-refractivity contribution in [3.05, 3.63) is 12.2 Å². The number of aromatic nitrogens is 3. The van der Waals surface area contributed by atoms with E-state index in [1.165, 1.54) is 12.2 Å². The summed E-state index contributed by atoms with van der Waals surface area (Å²) in [5, 5.41) is 4.25. The summed E-state index contributed by atoms with van der Waals surface area (Å²) in [6, 6.07) is 0.182. The second kappa shape index (κ2) is 7.71. The molecule has 1 unspecified atom stereocenters. The topological polar surface area (TPSA) is 56.7 Å². The van der Waals surface area contributed by atoms with E-state index in [0.29, 0.717) is 5.92 Å². The number of nitrogens with two attached hydrogens (primary N) is 1. The molecule has 1 aromatic rings. The molecule has 0 aromatic carbocycles. The van der Waals surface area contributed by atoms with Gasteiger partial charge in [-0.25, -0.2) is 9.67 Å². The largest absolute Gasteiger partial charge is 0.327 e. The number of thioether (sulfide) groups is 1. The average Bonchev–Trinajstić information content (AvgIpc) is 2.65. The van der Waals surface area contributed by atoms with Gasteiger partial charge in [0.2, 0.25) is 0 Å². The second-order valence-corrected chi connectivity index (χ2v) is 5.94. The molecule has 1 atom stereocenters. The maximum Gasteiger partial charge on any atom is 0.138 e. The molecule has 0 aliphatic rings. The van der Waals surface area contributed by atoms with E-state index in [-0.39, 0.29) is 6.04 Å². The Kier molecular flexibility index (Phi) is 6.58. The minimum atomic E-state index is 0.182. The first kappa shape index (κ1) is 14.5. The maximum atomic E-state index is 6.10. The van der Waals surface area contributed by atoms with Crippen molar-refractivity contribution in [3.8, 4) is 0 Å². The highest BCUT2D eigenvalue weighted by Gasteiger charge is 2.11. The van der Waals surface area contributed by atoms with Crippen LogP contribution in [0.5, 0.6) is 0 Å². The van der Waals surface area contributed by atoms with Gasteiger partial charge in [0.1, 0.15) is 12.2 Å². The molecule has 0 aliphatic carbocycles. The third-order valence-corrected chi connectivity index (χ3v) is 3.72. The van der Waals surface area contributed by atoms with Gasteiger partial charge in [0.15, 0.2) is 0 Å². The highest BCUT2D eigenvalue weighted by molar-refractivity contribution is 7.99. The maximum absolute atomic E-state index is 6.10. The molecular weight excluding hydrogens is 232 g/mol. The van der Waals surface area contributed by atoms with Crippen LogP contribution in [0.1, 0.15) is 33.0 Å². The lowest BCUT2D eigenvalue weighted by molar-refractivity contribution is 0.461. The number of hydrogen-bond donors (Lipinski definition) is 1. The predicted molar refractivity (Wildman–Crippen MR) is 74.2 cm³/mol. The minimum Gasteiger partial charge on any atom is -0.327 e. The van der Waals surface area contributed by atoms with E-state index in [1.54, 1.807) is 6.33 Å². The zero-order valence-corrected chi connectivity index (χ0v) is 11.9. The summed E-state index contributed by atoms with van der Waals surface area (Å²) < 4.78 is 1.98. The summed E-state index contributed by atoms with van der Waals surface area (Å²) in [5.41, 5.74) is 6.10. The lowest BCUT2D eigenvalue weighted by atomic mass is 10.2. The van der Waals surface area contributed by atoms with Crippen molar-refractivity contribution < 1.29 is 0 Å². The van der Waals surface area contributed by atoms with Crippen LogP contribution in [0.15, 0.2) is 6.33 Å². The molecule has 0 saturated carbocycles. The fourth-order valence-corrected chi connectivity index (χ4v) is 2.49. The van der Waals surface area contributed by atoms with Crippen LogP contribution in [-0.4, -0.2) is 32.3 Å². The van der Waals surface area contributed by atoms with Crippen molar-refractivity contribution in [1.82, 2.24) is 14.8 Å². The average molecular weight is 256 g/mol. The Morgan fingerprint density at radius 1 is 1.47 bits per heavy atom. The highest BCUT2D eigenvalue weighted by Crippen LogP contribution is 2.08. The van der Waals surface area contributed by atoms with E-state index in [9.17, 15) is 0 Å². The fourth-order valence-electron chi connectivity index (χ4n) is 1.62. The van der Waals surface area contributed by atoms with E-state index in [4.69, 9.17) is 5.73 Å². The van der Waals surface area contributed by atoms with Crippen LogP contribution in [0, 0.1) is 5.92 Å². The standard InChI is InChI=1S/C12H24N4S/c1-4-5-17-8-11(13)6-12-14-9-15-16(12)7-10(2)3/h9-11H,4-8,13H2,1-3H3. The lowest BCUT2D eigenvalue weighted by Gasteiger charge is -2.12. The van der Waals surface area contributed by atoms with Crippen LogP contribution < -0.4 is 5.73 Å². The quantitative estimate of drug-likeness (QED) is 0.722. The van der Waals surface area contributed by atoms with Crippen molar-refractivity contribution in [2.75, 3.05) is 11.5 Å². The molecule has 1 heterocycles. The van der Waals surface area contributed by atoms with Gasteiger partial charge in [-0.05, 0) is 18.1 Å². The van der Waals surface area contributed by atoms with E-state index in [2.05, 4.69) is 30.9 Å². The Bertz CT molecular complexity index is 311. The molecule has 0 fully saturated rings. The molecule has 1 rings (SSSR count). The Morgan fingerprint density at radius 3 is 2.88 bits per heavy atom. The molecule has 2 N–H and O–H groups in total. The molecule has 1 aromatic heterocycles. The van der Waals surface area contributed by atoms with E-state index < -0.39 is 0 Å². The molecule has 5 heteroatoms. The Balaban J connectivity index is 2.41. The van der Waals surface area contributed by atoms with Crippen molar-refractivity contribution in [2.45, 2.75) is 46.2 Å². The molecule has 0 radical (unpaired) electrons. The highest BCUT2D eigenvalue weighted by atomic mass is 32.2. The van der Waals surface area contributed by atoms with Gasteiger partial charge in [0, 0.05) is 24.8 Å². The van der Waals surface area contributed by atoms with E-state index >= 15 is 0 Å². The zero-order chi connectivity index (χ0) is 12.7. The zero-order valence-electron chi connectivity index (χ0n) is 11.1. The predicted octanol–water partition coefficient (Wildman–Crippen LogP) is 1.95. The Hall–Kier alpha value is -0.550. The van der Waals surface area contributed by atoms with Crippen LogP contribution in [0.25, 0.3) is 0 Å². The molecule has 17 heavy (non-hydrogen) atoms. The van der Waals surface area contributed by atoms with Gasteiger partial charge in [-0.15, -0.1) is 0 Å². The minimum absolute atomic E-state index is 0.182. The summed E-state index contributed by atoms with van der Waals surface area (Å²) in [5.74, 6) is 3.79. The number of nitrogens with zero attached hydrogens (tertiary/aromatic N) is 3. The van der Waals surface area contributed by atoms with Gasteiger partial charge < -0.3 is 5.73 Å². The monoisotopic (exact) mass is 256 g/mol. The third-order valence-electron chi connectivity index (χ3n) is 2.36. The summed E-state index contributed by atoms with van der Waals surface area (Å²) >= 11 is 1.92. The molecule has 0 aliphatic heterocycles. The van der Waals surface area contributed by atoms with Crippen molar-refractivity contribution in [1.29, 1.82) is 0 Å². The second-order valence-electron chi connectivity index (χ2n) is 4.79. The van der Waals surface area contributed by atoms with Gasteiger partial charge in [-0.3, -0.25) is 0 Å². The summed E-state index contributed by atoms with van der Waals surface area (Å²) in [6.07, 6.45) is 3.66. The summed E-state index contributed by atoms with van der Waals surface area (Å²) in [6.45, 7) is 7.48. The number of rotatable bonds is 8. The van der Waals surface area contributed by atoms with Gasteiger partial charge in [-0.2, -0.15) is 16.9 Å². The summed E-state index contributed by atoms with van der Waals surface area (Å²) in [7, 11) is 0. The smallest absolute Gasteiger partial charge is 0.138 e. The van der Waals surface area contributed by atoms with Crippen LogP contribution in [0.4, 0.5) is 0 Å².